The minimum Gasteiger partial charge on any atom is -0.103 e. The van der Waals surface area contributed by atoms with E-state index in [2.05, 4.69) is 19.6 Å². The van der Waals surface area contributed by atoms with Gasteiger partial charge in [0.25, 0.3) is 0 Å². The highest BCUT2D eigenvalue weighted by atomic mass is 14.2. The maximum absolute atomic E-state index is 3.75. The average Bonchev–Trinajstić information content (AvgIpc) is 2.33. The van der Waals surface area contributed by atoms with Crippen LogP contribution < -0.4 is 0 Å². The molecule has 0 unspecified atom stereocenters. The molecule has 0 saturated heterocycles. The summed E-state index contributed by atoms with van der Waals surface area (Å²) in [6, 6.07) is 0. The van der Waals surface area contributed by atoms with Gasteiger partial charge in [-0.2, -0.15) is 0 Å². The van der Waals surface area contributed by atoms with Crippen molar-refractivity contribution in [2.75, 3.05) is 0 Å². The second kappa shape index (κ2) is 8.61. The van der Waals surface area contributed by atoms with Crippen molar-refractivity contribution in [1.82, 2.24) is 0 Å². The minimum atomic E-state index is 1.03. The third-order valence-corrected chi connectivity index (χ3v) is 3.78. The van der Waals surface area contributed by atoms with Crippen LogP contribution in [-0.4, -0.2) is 0 Å². The van der Waals surface area contributed by atoms with Crippen molar-refractivity contribution in [3.8, 4) is 0 Å². The molecule has 0 aliphatic heterocycles. The van der Waals surface area contributed by atoms with E-state index in [9.17, 15) is 0 Å². The summed E-state index contributed by atoms with van der Waals surface area (Å²) < 4.78 is 0. The van der Waals surface area contributed by atoms with E-state index in [0.29, 0.717) is 0 Å². The Morgan fingerprint density at radius 1 is 1.19 bits per heavy atom. The summed E-state index contributed by atoms with van der Waals surface area (Å²) >= 11 is 0. The molecular weight excluding hydrogens is 192 g/mol. The number of rotatable bonds is 7. The molecule has 0 bridgehead atoms. The van der Waals surface area contributed by atoms with E-state index in [4.69, 9.17) is 0 Å². The van der Waals surface area contributed by atoms with Crippen LogP contribution in [-0.2, 0) is 0 Å². The topological polar surface area (TPSA) is 0 Å². The van der Waals surface area contributed by atoms with Crippen molar-refractivity contribution in [3.63, 3.8) is 0 Å². The van der Waals surface area contributed by atoms with Gasteiger partial charge in [0, 0.05) is 0 Å². The first-order chi connectivity index (χ1) is 7.83. The monoisotopic (exact) mass is 220 g/mol. The summed E-state index contributed by atoms with van der Waals surface area (Å²) in [6.07, 6.45) is 18.3. The molecule has 1 rings (SSSR count). The van der Waals surface area contributed by atoms with Crippen LogP contribution in [0, 0.1) is 5.92 Å². The number of allylic oxidation sites excluding steroid dienone is 3. The molecular formula is C16H28. The summed E-state index contributed by atoms with van der Waals surface area (Å²) in [7, 11) is 0. The van der Waals surface area contributed by atoms with E-state index in [-0.39, 0.29) is 0 Å². The van der Waals surface area contributed by atoms with Crippen molar-refractivity contribution in [3.05, 3.63) is 24.3 Å². The van der Waals surface area contributed by atoms with E-state index >= 15 is 0 Å². The maximum atomic E-state index is 3.75. The van der Waals surface area contributed by atoms with Crippen molar-refractivity contribution in [2.45, 2.75) is 71.1 Å². The van der Waals surface area contributed by atoms with Gasteiger partial charge < -0.3 is 0 Å². The molecule has 1 fully saturated rings. The standard InChI is InChI=1S/C16H28/c1-3-4-5-7-10-15(2)13-14-16-11-8-6-9-12-16/h3,10,16H,1,4-9,11-14H2,2H3/b15-10+. The Balaban J connectivity index is 2.07. The fraction of sp³-hybridized carbons (Fsp3) is 0.750. The summed E-state index contributed by atoms with van der Waals surface area (Å²) in [4.78, 5) is 0. The normalized spacial score (nSPS) is 18.7. The van der Waals surface area contributed by atoms with Crippen LogP contribution in [0.1, 0.15) is 71.1 Å². The summed E-state index contributed by atoms with van der Waals surface area (Å²) in [5.41, 5.74) is 1.61. The lowest BCUT2D eigenvalue weighted by Gasteiger charge is -2.21. The first-order valence-corrected chi connectivity index (χ1v) is 7.09. The first kappa shape index (κ1) is 13.5. The van der Waals surface area contributed by atoms with E-state index < -0.39 is 0 Å². The smallest absolute Gasteiger partial charge is 0.0320 e. The van der Waals surface area contributed by atoms with Gasteiger partial charge in [-0.05, 0) is 44.9 Å². The Morgan fingerprint density at radius 3 is 2.62 bits per heavy atom. The molecule has 0 spiro atoms. The van der Waals surface area contributed by atoms with Crippen LogP contribution >= 0.6 is 0 Å². The van der Waals surface area contributed by atoms with Crippen LogP contribution in [0.25, 0.3) is 0 Å². The van der Waals surface area contributed by atoms with Gasteiger partial charge in [-0.25, -0.2) is 0 Å². The maximum Gasteiger partial charge on any atom is -0.0320 e. The molecule has 1 aliphatic carbocycles. The van der Waals surface area contributed by atoms with Gasteiger partial charge in [0.15, 0.2) is 0 Å². The minimum absolute atomic E-state index is 1.03. The Hall–Kier alpha value is -0.520. The van der Waals surface area contributed by atoms with E-state index in [1.54, 1.807) is 5.57 Å². The fourth-order valence-corrected chi connectivity index (χ4v) is 2.62. The molecule has 0 N–H and O–H groups in total. The third kappa shape index (κ3) is 6.15. The van der Waals surface area contributed by atoms with Gasteiger partial charge in [0.2, 0.25) is 0 Å². The molecule has 0 aromatic heterocycles. The highest BCUT2D eigenvalue weighted by Gasteiger charge is 2.12. The van der Waals surface area contributed by atoms with E-state index in [0.717, 1.165) is 12.3 Å². The number of hydrogen-bond donors (Lipinski definition) is 0. The fourth-order valence-electron chi connectivity index (χ4n) is 2.62. The molecule has 0 amide bonds. The lowest BCUT2D eigenvalue weighted by Crippen LogP contribution is -2.05. The van der Waals surface area contributed by atoms with Crippen molar-refractivity contribution in [2.24, 2.45) is 5.92 Å². The molecule has 0 nitrogen and oxygen atoms in total. The molecule has 16 heavy (non-hydrogen) atoms. The van der Waals surface area contributed by atoms with Crippen LogP contribution in [0.15, 0.2) is 24.3 Å². The van der Waals surface area contributed by atoms with Gasteiger partial charge >= 0.3 is 0 Å². The summed E-state index contributed by atoms with van der Waals surface area (Å²) in [5.74, 6) is 1.03. The Morgan fingerprint density at radius 2 is 1.94 bits per heavy atom. The Bertz CT molecular complexity index is 206. The average molecular weight is 220 g/mol. The highest BCUT2D eigenvalue weighted by Crippen LogP contribution is 2.28. The van der Waals surface area contributed by atoms with Gasteiger partial charge in [-0.3, -0.25) is 0 Å². The van der Waals surface area contributed by atoms with Crippen LogP contribution in [0.2, 0.25) is 0 Å². The third-order valence-electron chi connectivity index (χ3n) is 3.78. The lowest BCUT2D eigenvalue weighted by molar-refractivity contribution is 0.339. The zero-order valence-corrected chi connectivity index (χ0v) is 11.0. The van der Waals surface area contributed by atoms with Crippen molar-refractivity contribution >= 4 is 0 Å². The lowest BCUT2D eigenvalue weighted by atomic mass is 9.85. The first-order valence-electron chi connectivity index (χ1n) is 7.09. The largest absolute Gasteiger partial charge is 0.103 e. The summed E-state index contributed by atoms with van der Waals surface area (Å²) in [5, 5.41) is 0. The van der Waals surface area contributed by atoms with Gasteiger partial charge in [0.1, 0.15) is 0 Å². The number of hydrogen-bond acceptors (Lipinski definition) is 0. The molecule has 1 saturated carbocycles. The van der Waals surface area contributed by atoms with E-state index in [1.165, 1.54) is 57.8 Å². The summed E-state index contributed by atoms with van der Waals surface area (Å²) in [6.45, 7) is 6.06. The SMILES string of the molecule is C=CCCC/C=C(\C)CCC1CCCCC1. The Kier molecular flexibility index (Phi) is 7.29. The molecule has 0 radical (unpaired) electrons. The zero-order valence-electron chi connectivity index (χ0n) is 11.0. The molecule has 0 heterocycles. The van der Waals surface area contributed by atoms with Gasteiger partial charge in [0.05, 0.1) is 0 Å². The molecule has 0 aromatic rings. The van der Waals surface area contributed by atoms with Crippen LogP contribution in [0.4, 0.5) is 0 Å². The molecule has 92 valence electrons. The van der Waals surface area contributed by atoms with Gasteiger partial charge in [-0.15, -0.1) is 6.58 Å². The zero-order chi connectivity index (χ0) is 11.6. The van der Waals surface area contributed by atoms with E-state index in [1.807, 2.05) is 6.08 Å². The molecule has 0 atom stereocenters. The quantitative estimate of drug-likeness (QED) is 0.384. The Labute approximate surface area is 102 Å². The second-order valence-corrected chi connectivity index (χ2v) is 5.31. The molecule has 0 heteroatoms. The molecule has 1 aliphatic rings. The van der Waals surface area contributed by atoms with Crippen LogP contribution in [0.3, 0.4) is 0 Å². The van der Waals surface area contributed by atoms with Crippen LogP contribution in [0.5, 0.6) is 0 Å². The highest BCUT2D eigenvalue weighted by molar-refractivity contribution is 4.98. The second-order valence-electron chi connectivity index (χ2n) is 5.31. The van der Waals surface area contributed by atoms with Crippen molar-refractivity contribution in [1.29, 1.82) is 0 Å². The van der Waals surface area contributed by atoms with Crippen molar-refractivity contribution < 1.29 is 0 Å². The molecule has 0 aromatic carbocycles. The number of unbranched alkanes of at least 4 members (excludes halogenated alkanes) is 2. The van der Waals surface area contributed by atoms with Gasteiger partial charge in [-0.1, -0.05) is 49.8 Å². The predicted octanol–water partition coefficient (Wildman–Crippen LogP) is 5.65. The predicted molar refractivity (Wildman–Crippen MR) is 73.6 cm³/mol.